The number of aromatic nitrogens is 5. The van der Waals surface area contributed by atoms with E-state index in [4.69, 9.17) is 47.3 Å². The van der Waals surface area contributed by atoms with Gasteiger partial charge in [0.05, 0.1) is 60.3 Å². The zero-order chi connectivity index (χ0) is 83.4. The molecule has 9 heterocycles. The molecular weight excluding hydrogens is 1600 g/mol. The molecule has 0 fully saturated rings. The first-order valence-corrected chi connectivity index (χ1v) is 40.0. The number of ether oxygens (including phenoxy) is 2. The summed E-state index contributed by atoms with van der Waals surface area (Å²) in [5.41, 5.74) is -5.98. The number of carbonyl (C=O) groups is 2. The molecular formula is C72H84N18O18S6. The Morgan fingerprint density at radius 1 is 0.789 bits per heavy atom. The first kappa shape index (κ1) is 86.4. The van der Waals surface area contributed by atoms with Crippen LogP contribution < -0.4 is 5.32 Å². The Balaban J connectivity index is 1.25. The van der Waals surface area contributed by atoms with Gasteiger partial charge in [-0.05, 0) is 85.8 Å². The largest absolute Gasteiger partial charge is 0.495 e. The van der Waals surface area contributed by atoms with E-state index >= 15 is 4.79 Å². The molecule has 12 unspecified atom stereocenters. The number of thiol groups is 1. The number of carbonyl (C=O) groups excluding carboxylic acids is 2. The van der Waals surface area contributed by atoms with Crippen molar-refractivity contribution in [3.63, 3.8) is 0 Å². The van der Waals surface area contributed by atoms with Crippen molar-refractivity contribution in [1.82, 2.24) is 30.2 Å². The number of fused-ring (bicyclic) bond motifs is 7. The summed E-state index contributed by atoms with van der Waals surface area (Å²) in [5.74, 6) is -9.49. The molecule has 36 nitrogen and oxygen atoms in total. The second-order valence-corrected chi connectivity index (χ2v) is 32.2. The van der Waals surface area contributed by atoms with E-state index in [0.29, 0.717) is 0 Å². The van der Waals surface area contributed by atoms with E-state index in [0.717, 1.165) is 64.2 Å². The minimum atomic E-state index is -2.15. The van der Waals surface area contributed by atoms with E-state index in [-0.39, 0.29) is 99.7 Å². The molecule has 4 aliphatic heterocycles. The van der Waals surface area contributed by atoms with Crippen molar-refractivity contribution in [3.8, 4) is 0 Å². The molecule has 42 heteroatoms. The molecule has 0 aromatic carbocycles. The van der Waals surface area contributed by atoms with E-state index in [1.54, 1.807) is 38.3 Å². The molecule has 13 bridgehead atoms. The summed E-state index contributed by atoms with van der Waals surface area (Å²) in [6.07, 6.45) is -3.06. The van der Waals surface area contributed by atoms with Gasteiger partial charge in [0.2, 0.25) is 47.2 Å². The fourth-order valence-electron chi connectivity index (χ4n) is 11.9. The van der Waals surface area contributed by atoms with E-state index in [9.17, 15) is 76.3 Å². The molecule has 5 aliphatic rings. The zero-order valence-electron chi connectivity index (χ0n) is 63.0. The zero-order valence-corrected chi connectivity index (χ0v) is 68.0. The number of pyridine rings is 1. The van der Waals surface area contributed by atoms with Crippen LogP contribution >= 0.6 is 69.7 Å². The maximum atomic E-state index is 15.1. The van der Waals surface area contributed by atoms with Crippen molar-refractivity contribution in [2.75, 3.05) is 12.9 Å². The van der Waals surface area contributed by atoms with Crippen molar-refractivity contribution < 1.29 is 90.6 Å². The van der Waals surface area contributed by atoms with Crippen LogP contribution in [0.5, 0.6) is 0 Å². The van der Waals surface area contributed by atoms with Crippen LogP contribution in [0.3, 0.4) is 0 Å². The molecule has 15 N–H and O–H groups in total. The van der Waals surface area contributed by atoms with E-state index in [1.807, 2.05) is 0 Å². The molecule has 0 radical (unpaired) electrons. The van der Waals surface area contributed by atoms with Gasteiger partial charge in [-0.2, -0.15) is 0 Å². The third-order valence-electron chi connectivity index (χ3n) is 18.5. The van der Waals surface area contributed by atoms with E-state index < -0.39 is 190 Å². The van der Waals surface area contributed by atoms with Crippen LogP contribution in [0.4, 0.5) is 0 Å². The highest BCUT2D eigenvalue weighted by Crippen LogP contribution is 2.51. The number of aliphatic hydroxyl groups excluding tert-OH is 13. The van der Waals surface area contributed by atoms with Gasteiger partial charge >= 0.3 is 11.9 Å². The predicted molar refractivity (Wildman–Crippen MR) is 441 cm³/mol. The standard InChI is InChI=1S/C72H84N18O18S6/c1-15-38-64-83-44(23-110-64)60(101)89-53(71(13,106)35(12)93)67-85-46(25-113-67)63(109)88-49-34(11)108-69(105)41-20-37(32(9)91)36-16-17-39(51(94)50(36)79-41)78-47(26(2)3)61(102)76-29(6)55(96)73-27(4)54(95)74-30(7)57(98)90-72(70-86-45(24-114-70)59(100)87-48(33(10)92)62(103)81-38)19-18-40(80-52(72)42-21-112-66(49)82-42)65-84-43(22-111-65)58(99)75-28(5)56(97)77-31(8)68(104)107-14/h15-17,20-22,24-26,29-30,32-35,39,44,47-49,51-53,78,91-94,106H,4-5,8,18-19,23H2,1-3,6-7,9-14H3,(H,73,96)(H,74,95)(H,75,99)(H,76,102)(H,77,97)(H,81,103)(H,87,100)(H,88,109)(H,89,101)(H,90,98)/b38-15-/t29?,30-,32?,33?,34?,35?,39?,44?,47?,48?,49?,51-,52+,53?,71?,72+/m0/s1. The number of nitrogens with one attached hydrogen (secondary N) is 1. The van der Waals surface area contributed by atoms with Crippen LogP contribution in [0.1, 0.15) is 183 Å². The van der Waals surface area contributed by atoms with E-state index in [1.165, 1.54) is 76.7 Å². The number of aliphatic hydroxyl groups is 14. The Hall–Kier alpha value is -9.99. The number of nitrogens with zero attached hydrogens (tertiary/aromatic N) is 17. The first-order chi connectivity index (χ1) is 53.7. The number of cyclic esters (lactones) is 1. The second kappa shape index (κ2) is 35.8. The molecule has 5 aromatic heterocycles. The van der Waals surface area contributed by atoms with Crippen LogP contribution in [0.2, 0.25) is 0 Å². The average Bonchev–Trinajstić information content (AvgIpc) is 1.47. The van der Waals surface area contributed by atoms with Crippen molar-refractivity contribution in [2.24, 2.45) is 65.8 Å². The third-order valence-corrected chi connectivity index (χ3v) is 23.6. The van der Waals surface area contributed by atoms with Crippen molar-refractivity contribution >= 4 is 157 Å². The van der Waals surface area contributed by atoms with Crippen LogP contribution in [-0.4, -0.2) is 250 Å². The fraction of sp³-hybridized carbons (Fsp3) is 0.431. The molecule has 1 aliphatic carbocycles. The SMILES string of the molecule is C=C(N=C(O)C(=C)N=C(O)c1csc(C2=N[C@@H]3c4csc(n4)C4N=C(S)c5csc(n5)C(C(C)(O)C(C)O)N=C(O)C5CSC(=N5)/C(=C/C)N=C(O)C(C(C)O)N=C(O)c5csc(n5)[C@]3(CC2)N=C(O)[C@H](C)N=C(O)C(=C)N=C(O)C(C)N=C(O)C(C(C)C)NC2C=Cc3c(C(C)O)cc(nc3[C@H]2O)C(=O)OC4C)n1)C(=O)OC. The van der Waals surface area contributed by atoms with Gasteiger partial charge in [0.15, 0.2) is 11.9 Å². The van der Waals surface area contributed by atoms with Crippen molar-refractivity contribution in [3.05, 3.63) is 148 Å². The van der Waals surface area contributed by atoms with E-state index in [2.05, 4.69) is 84.7 Å². The molecule has 114 heavy (non-hydrogen) atoms. The highest BCUT2D eigenvalue weighted by atomic mass is 32.2. The fourth-order valence-corrected chi connectivity index (χ4v) is 17.0. The quantitative estimate of drug-likeness (QED) is 0.0193. The second-order valence-electron chi connectivity index (χ2n) is 27.2. The summed E-state index contributed by atoms with van der Waals surface area (Å²) in [6, 6.07) is -10.9. The summed E-state index contributed by atoms with van der Waals surface area (Å²) >= 11 is 9.75. The number of hydrogen-bond acceptors (Lipinski definition) is 32. The summed E-state index contributed by atoms with van der Waals surface area (Å²) in [6.45, 7) is 25.4. The Morgan fingerprint density at radius 2 is 1.49 bits per heavy atom. The summed E-state index contributed by atoms with van der Waals surface area (Å²) in [4.78, 5) is 105. The number of allylic oxidation sites excluding steroid dienone is 1. The minimum absolute atomic E-state index is 0.0175. The number of thioether (sulfide) groups is 1. The lowest BCUT2D eigenvalue weighted by Crippen LogP contribution is -2.49. The third kappa shape index (κ3) is 18.8. The number of methoxy groups -OCH3 is 1. The highest BCUT2D eigenvalue weighted by Gasteiger charge is 2.50. The van der Waals surface area contributed by atoms with Gasteiger partial charge in [0.1, 0.15) is 130 Å². The molecule has 16 atom stereocenters. The van der Waals surface area contributed by atoms with Crippen LogP contribution in [0, 0.1) is 5.92 Å². The van der Waals surface area contributed by atoms with Crippen LogP contribution in [-0.2, 0) is 19.8 Å². The number of thiazole rings is 4. The Bertz CT molecular complexity index is 5060. The molecule has 0 spiro atoms. The molecule has 5 aromatic rings. The average molecular weight is 1680 g/mol. The Kier molecular flexibility index (Phi) is 27.1. The Labute approximate surface area is 677 Å². The lowest BCUT2D eigenvalue weighted by atomic mass is 9.81. The number of esters is 2. The minimum Gasteiger partial charge on any atom is -0.495 e. The summed E-state index contributed by atoms with van der Waals surface area (Å²) in [7, 11) is 1.07. The molecule has 0 saturated carbocycles. The van der Waals surface area contributed by atoms with Gasteiger partial charge in [-0.15, -0.1) is 69.7 Å². The number of rotatable bonds is 11. The normalized spacial score (nSPS) is 27.1. The molecule has 0 amide bonds. The molecule has 606 valence electrons. The van der Waals surface area contributed by atoms with Gasteiger partial charge in [-0.3, -0.25) is 20.3 Å². The number of hydrogen-bond donors (Lipinski definition) is 16. The van der Waals surface area contributed by atoms with Gasteiger partial charge in [-0.25, -0.2) is 79.4 Å². The van der Waals surface area contributed by atoms with Crippen LogP contribution in [0.25, 0.3) is 6.08 Å². The van der Waals surface area contributed by atoms with Gasteiger partial charge in [-0.1, -0.05) is 51.8 Å². The van der Waals surface area contributed by atoms with Crippen LogP contribution in [0.15, 0.2) is 142 Å². The summed E-state index contributed by atoms with van der Waals surface area (Å²) < 4.78 is 10.9. The Morgan fingerprint density at radius 3 is 2.17 bits per heavy atom. The molecule has 0 saturated heterocycles. The van der Waals surface area contributed by atoms with Crippen molar-refractivity contribution in [2.45, 2.75) is 178 Å². The maximum Gasteiger partial charge on any atom is 0.357 e. The van der Waals surface area contributed by atoms with Crippen molar-refractivity contribution in [1.29, 1.82) is 0 Å². The van der Waals surface area contributed by atoms with Gasteiger partial charge in [0, 0.05) is 32.8 Å². The lowest BCUT2D eigenvalue weighted by Gasteiger charge is -2.37. The maximum absolute atomic E-state index is 15.1. The smallest absolute Gasteiger partial charge is 0.357 e. The predicted octanol–water partition coefficient (Wildman–Crippen LogP) is 9.05. The first-order valence-electron chi connectivity index (χ1n) is 35.1. The lowest BCUT2D eigenvalue weighted by molar-refractivity contribution is -0.136. The topological polar surface area (TPSA) is 561 Å². The van der Waals surface area contributed by atoms with Gasteiger partial charge < -0.3 is 81.0 Å². The highest BCUT2D eigenvalue weighted by molar-refractivity contribution is 8.14. The number of aliphatic imine (C=N–C) groups is 12. The molecule has 10 rings (SSSR count). The van der Waals surface area contributed by atoms with Gasteiger partial charge in [0.25, 0.3) is 0 Å². The monoisotopic (exact) mass is 1680 g/mol. The summed E-state index contributed by atoms with van der Waals surface area (Å²) in [5, 5.41) is 172.